The van der Waals surface area contributed by atoms with Crippen molar-refractivity contribution in [2.45, 2.75) is 32.9 Å². The SMILES string of the molecule is CC(=O)Nc1cccc(CNC(=O)CC(C)n2cccc2)c1. The number of nitrogens with zero attached hydrogens (tertiary/aromatic N) is 1. The van der Waals surface area contributed by atoms with Gasteiger partial charge in [0.05, 0.1) is 0 Å². The molecule has 1 aromatic heterocycles. The smallest absolute Gasteiger partial charge is 0.222 e. The highest BCUT2D eigenvalue weighted by atomic mass is 16.2. The fourth-order valence-electron chi connectivity index (χ4n) is 2.25. The molecule has 0 saturated carbocycles. The van der Waals surface area contributed by atoms with Gasteiger partial charge in [-0.15, -0.1) is 0 Å². The Bertz CT molecular complexity index is 635. The van der Waals surface area contributed by atoms with Crippen LogP contribution in [0.1, 0.15) is 31.9 Å². The van der Waals surface area contributed by atoms with E-state index in [1.165, 1.54) is 6.92 Å². The fourth-order valence-corrected chi connectivity index (χ4v) is 2.25. The van der Waals surface area contributed by atoms with E-state index >= 15 is 0 Å². The van der Waals surface area contributed by atoms with Crippen LogP contribution in [0, 0.1) is 0 Å². The lowest BCUT2D eigenvalue weighted by Crippen LogP contribution is -2.25. The van der Waals surface area contributed by atoms with Crippen molar-refractivity contribution in [3.8, 4) is 0 Å². The largest absolute Gasteiger partial charge is 0.352 e. The maximum atomic E-state index is 12.0. The van der Waals surface area contributed by atoms with Crippen LogP contribution in [0.4, 0.5) is 5.69 Å². The molecule has 116 valence electrons. The van der Waals surface area contributed by atoms with Gasteiger partial charge < -0.3 is 15.2 Å². The van der Waals surface area contributed by atoms with E-state index in [1.54, 1.807) is 0 Å². The van der Waals surface area contributed by atoms with E-state index in [9.17, 15) is 9.59 Å². The van der Waals surface area contributed by atoms with Gasteiger partial charge in [0.2, 0.25) is 11.8 Å². The Balaban J connectivity index is 1.84. The van der Waals surface area contributed by atoms with Crippen molar-refractivity contribution in [2.75, 3.05) is 5.32 Å². The zero-order valence-electron chi connectivity index (χ0n) is 12.9. The topological polar surface area (TPSA) is 63.1 Å². The van der Waals surface area contributed by atoms with Gasteiger partial charge >= 0.3 is 0 Å². The molecule has 5 nitrogen and oxygen atoms in total. The van der Waals surface area contributed by atoms with Crippen LogP contribution in [0.2, 0.25) is 0 Å². The highest BCUT2D eigenvalue weighted by molar-refractivity contribution is 5.88. The minimum Gasteiger partial charge on any atom is -0.352 e. The standard InChI is InChI=1S/C17H21N3O2/c1-13(20-8-3-4-9-20)10-17(22)18-12-15-6-5-7-16(11-15)19-14(2)21/h3-9,11,13H,10,12H2,1-2H3,(H,18,22)(H,19,21). The van der Waals surface area contributed by atoms with Crippen LogP contribution in [0.15, 0.2) is 48.8 Å². The van der Waals surface area contributed by atoms with Gasteiger partial charge in [-0.2, -0.15) is 0 Å². The second-order valence-electron chi connectivity index (χ2n) is 5.34. The number of amides is 2. The third kappa shape index (κ3) is 4.77. The molecule has 0 radical (unpaired) electrons. The molecule has 0 aliphatic rings. The Kier molecular flexibility index (Phi) is 5.36. The second-order valence-corrected chi connectivity index (χ2v) is 5.34. The number of benzene rings is 1. The summed E-state index contributed by atoms with van der Waals surface area (Å²) in [5, 5.41) is 5.64. The average molecular weight is 299 g/mol. The second kappa shape index (κ2) is 7.45. The number of carbonyl (C=O) groups excluding carboxylic acids is 2. The lowest BCUT2D eigenvalue weighted by molar-refractivity contribution is -0.122. The van der Waals surface area contributed by atoms with Crippen molar-refractivity contribution >= 4 is 17.5 Å². The Morgan fingerprint density at radius 2 is 1.91 bits per heavy atom. The van der Waals surface area contributed by atoms with Gasteiger partial charge in [-0.25, -0.2) is 0 Å². The summed E-state index contributed by atoms with van der Waals surface area (Å²) < 4.78 is 2.01. The molecule has 1 atom stereocenters. The molecule has 0 saturated heterocycles. The predicted octanol–water partition coefficient (Wildman–Crippen LogP) is 2.71. The fraction of sp³-hybridized carbons (Fsp3) is 0.294. The highest BCUT2D eigenvalue weighted by Gasteiger charge is 2.09. The van der Waals surface area contributed by atoms with Crippen molar-refractivity contribution in [1.29, 1.82) is 0 Å². The lowest BCUT2D eigenvalue weighted by atomic mass is 10.2. The third-order valence-electron chi connectivity index (χ3n) is 3.35. The van der Waals surface area contributed by atoms with Crippen molar-refractivity contribution in [3.05, 3.63) is 54.4 Å². The molecule has 2 rings (SSSR count). The Morgan fingerprint density at radius 1 is 1.18 bits per heavy atom. The summed E-state index contributed by atoms with van der Waals surface area (Å²) >= 11 is 0. The summed E-state index contributed by atoms with van der Waals surface area (Å²) in [6.07, 6.45) is 4.34. The minimum absolute atomic E-state index is 0.00568. The van der Waals surface area contributed by atoms with Gasteiger partial charge in [0, 0.05) is 44.0 Å². The molecule has 0 fully saturated rings. The van der Waals surface area contributed by atoms with E-state index in [-0.39, 0.29) is 17.9 Å². The van der Waals surface area contributed by atoms with Crippen molar-refractivity contribution < 1.29 is 9.59 Å². The molecule has 5 heteroatoms. The molecule has 1 heterocycles. The van der Waals surface area contributed by atoms with E-state index in [0.717, 1.165) is 11.3 Å². The Hall–Kier alpha value is -2.56. The number of hydrogen-bond acceptors (Lipinski definition) is 2. The molecular formula is C17H21N3O2. The summed E-state index contributed by atoms with van der Waals surface area (Å²) in [7, 11) is 0. The lowest BCUT2D eigenvalue weighted by Gasteiger charge is -2.13. The molecule has 2 N–H and O–H groups in total. The van der Waals surface area contributed by atoms with Crippen LogP contribution in [-0.2, 0) is 16.1 Å². The number of aromatic nitrogens is 1. The minimum atomic E-state index is -0.110. The van der Waals surface area contributed by atoms with Gasteiger partial charge in [0.1, 0.15) is 0 Å². The molecule has 22 heavy (non-hydrogen) atoms. The molecule has 1 aromatic carbocycles. The molecule has 2 aromatic rings. The first kappa shape index (κ1) is 15.8. The van der Waals surface area contributed by atoms with Gasteiger partial charge in [-0.05, 0) is 36.8 Å². The molecule has 0 aliphatic heterocycles. The maximum absolute atomic E-state index is 12.0. The average Bonchev–Trinajstić information content (AvgIpc) is 2.99. The van der Waals surface area contributed by atoms with E-state index < -0.39 is 0 Å². The van der Waals surface area contributed by atoms with Crippen LogP contribution in [0.3, 0.4) is 0 Å². The third-order valence-corrected chi connectivity index (χ3v) is 3.35. The van der Waals surface area contributed by atoms with E-state index in [4.69, 9.17) is 0 Å². The molecule has 1 unspecified atom stereocenters. The number of nitrogens with one attached hydrogen (secondary N) is 2. The number of anilines is 1. The number of rotatable bonds is 6. The van der Waals surface area contributed by atoms with Crippen LogP contribution >= 0.6 is 0 Å². The monoisotopic (exact) mass is 299 g/mol. The summed E-state index contributed by atoms with van der Waals surface area (Å²) in [5.74, 6) is -0.104. The molecule has 2 amide bonds. The van der Waals surface area contributed by atoms with Gasteiger partial charge in [-0.3, -0.25) is 9.59 Å². The van der Waals surface area contributed by atoms with Crippen LogP contribution in [0.5, 0.6) is 0 Å². The van der Waals surface area contributed by atoms with Crippen LogP contribution < -0.4 is 10.6 Å². The molecule has 0 aliphatic carbocycles. The first-order valence-electron chi connectivity index (χ1n) is 7.30. The predicted molar refractivity (Wildman–Crippen MR) is 86.4 cm³/mol. The molecular weight excluding hydrogens is 278 g/mol. The van der Waals surface area contributed by atoms with Gasteiger partial charge in [0.25, 0.3) is 0 Å². The van der Waals surface area contributed by atoms with Gasteiger partial charge in [0.15, 0.2) is 0 Å². The summed E-state index contributed by atoms with van der Waals surface area (Å²) in [6, 6.07) is 11.5. The van der Waals surface area contributed by atoms with E-state index in [1.807, 2.05) is 60.3 Å². The van der Waals surface area contributed by atoms with Crippen LogP contribution in [0.25, 0.3) is 0 Å². The van der Waals surface area contributed by atoms with E-state index in [2.05, 4.69) is 10.6 Å². The van der Waals surface area contributed by atoms with Crippen molar-refractivity contribution in [1.82, 2.24) is 9.88 Å². The van der Waals surface area contributed by atoms with Gasteiger partial charge in [-0.1, -0.05) is 12.1 Å². The quantitative estimate of drug-likeness (QED) is 0.861. The van der Waals surface area contributed by atoms with E-state index in [0.29, 0.717) is 13.0 Å². The van der Waals surface area contributed by atoms with Crippen LogP contribution in [-0.4, -0.2) is 16.4 Å². The maximum Gasteiger partial charge on any atom is 0.222 e. The Labute approximate surface area is 130 Å². The molecule has 0 bridgehead atoms. The first-order chi connectivity index (χ1) is 10.5. The number of carbonyl (C=O) groups is 2. The summed E-state index contributed by atoms with van der Waals surface area (Å²) in [4.78, 5) is 23.0. The first-order valence-corrected chi connectivity index (χ1v) is 7.30. The number of hydrogen-bond donors (Lipinski definition) is 2. The summed E-state index contributed by atoms with van der Waals surface area (Å²) in [5.41, 5.74) is 1.69. The molecule has 0 spiro atoms. The summed E-state index contributed by atoms with van der Waals surface area (Å²) in [6.45, 7) is 3.93. The Morgan fingerprint density at radius 3 is 2.59 bits per heavy atom. The zero-order valence-corrected chi connectivity index (χ0v) is 12.9. The normalized spacial score (nSPS) is 11.7. The van der Waals surface area contributed by atoms with Crippen molar-refractivity contribution in [2.24, 2.45) is 0 Å². The van der Waals surface area contributed by atoms with Crippen molar-refractivity contribution in [3.63, 3.8) is 0 Å². The highest BCUT2D eigenvalue weighted by Crippen LogP contribution is 2.12. The zero-order chi connectivity index (χ0) is 15.9.